The lowest BCUT2D eigenvalue weighted by Gasteiger charge is -2.27. The van der Waals surface area contributed by atoms with Crippen LogP contribution in [-0.4, -0.2) is 35.4 Å². The predicted octanol–water partition coefficient (Wildman–Crippen LogP) is 2.60. The molecule has 1 aromatic carbocycles. The molecule has 1 atom stereocenters. The number of amides is 1. The highest BCUT2D eigenvalue weighted by molar-refractivity contribution is 6.14. The molecule has 1 aliphatic heterocycles. The monoisotopic (exact) mass is 381 g/mol. The van der Waals surface area contributed by atoms with Crippen molar-refractivity contribution in [3.05, 3.63) is 41.7 Å². The van der Waals surface area contributed by atoms with Gasteiger partial charge in [-0.2, -0.15) is 13.2 Å². The summed E-state index contributed by atoms with van der Waals surface area (Å²) in [6.07, 6.45) is -1.64. The van der Waals surface area contributed by atoms with Crippen molar-refractivity contribution >= 4 is 29.5 Å². The number of ether oxygens (including phenoxy) is 1. The third-order valence-corrected chi connectivity index (χ3v) is 3.91. The van der Waals surface area contributed by atoms with E-state index in [2.05, 4.69) is 10.6 Å². The number of carbonyl (C=O) groups excluding carboxylic acids is 3. The minimum Gasteiger partial charge on any atom is -0.464 e. The molecule has 0 saturated carbocycles. The molecule has 0 saturated heterocycles. The first-order chi connectivity index (χ1) is 12.7. The van der Waals surface area contributed by atoms with Crippen LogP contribution in [0.2, 0.25) is 0 Å². The highest BCUT2D eigenvalue weighted by Crippen LogP contribution is 2.40. The number of rotatable bonds is 4. The minimum absolute atomic E-state index is 0.0489. The van der Waals surface area contributed by atoms with Crippen molar-refractivity contribution in [1.29, 1.82) is 0 Å². The second-order valence-electron chi connectivity index (χ2n) is 5.70. The zero-order valence-electron chi connectivity index (χ0n) is 14.0. The lowest BCUT2D eigenvalue weighted by molar-refractivity contribution is -0.146. The second kappa shape index (κ2) is 6.78. The van der Waals surface area contributed by atoms with Gasteiger partial charge in [-0.3, -0.25) is 9.59 Å². The number of anilines is 2. The van der Waals surface area contributed by atoms with Crippen LogP contribution in [0.3, 0.4) is 0 Å². The van der Waals surface area contributed by atoms with Gasteiger partial charge in [0.2, 0.25) is 6.04 Å². The largest absolute Gasteiger partial charge is 0.464 e. The summed E-state index contributed by atoms with van der Waals surface area (Å²) in [5.41, 5.74) is -1.06. The Morgan fingerprint density at radius 2 is 2.07 bits per heavy atom. The Kier molecular flexibility index (Phi) is 4.64. The number of nitrogens with zero attached hydrogens (tertiary/aromatic N) is 1. The first kappa shape index (κ1) is 18.5. The van der Waals surface area contributed by atoms with Crippen LogP contribution in [0.4, 0.5) is 24.5 Å². The maximum Gasteiger partial charge on any atom is 0.418 e. The maximum atomic E-state index is 13.5. The first-order valence-electron chi connectivity index (χ1n) is 7.87. The van der Waals surface area contributed by atoms with E-state index in [0.29, 0.717) is 6.29 Å². The van der Waals surface area contributed by atoms with Crippen LogP contribution >= 0.6 is 0 Å². The number of halogens is 3. The molecule has 2 heterocycles. The number of esters is 1. The van der Waals surface area contributed by atoms with Crippen molar-refractivity contribution in [1.82, 2.24) is 4.57 Å². The number of carbonyl (C=O) groups is 3. The zero-order valence-corrected chi connectivity index (χ0v) is 14.0. The van der Waals surface area contributed by atoms with Crippen molar-refractivity contribution in [3.8, 4) is 5.69 Å². The molecule has 2 N–H and O–H groups in total. The molecule has 1 aliphatic rings. The predicted molar refractivity (Wildman–Crippen MR) is 88.8 cm³/mol. The minimum atomic E-state index is -4.71. The number of aldehydes is 1. The lowest BCUT2D eigenvalue weighted by Crippen LogP contribution is -2.45. The molecule has 1 unspecified atom stereocenters. The summed E-state index contributed by atoms with van der Waals surface area (Å²) in [7, 11) is 0. The molecule has 7 nitrogen and oxygen atoms in total. The van der Waals surface area contributed by atoms with E-state index in [4.69, 9.17) is 4.74 Å². The number of fused-ring (bicyclic) bond motifs is 1. The first-order valence-corrected chi connectivity index (χ1v) is 7.87. The summed E-state index contributed by atoms with van der Waals surface area (Å²) in [5.74, 6) is -1.66. The fourth-order valence-electron chi connectivity index (χ4n) is 2.70. The summed E-state index contributed by atoms with van der Waals surface area (Å²) in [4.78, 5) is 34.7. The van der Waals surface area contributed by atoms with Gasteiger partial charge in [-0.25, -0.2) is 4.79 Å². The van der Waals surface area contributed by atoms with Crippen molar-refractivity contribution in [2.75, 3.05) is 17.2 Å². The number of benzene rings is 1. The Hall–Kier alpha value is -3.30. The Morgan fingerprint density at radius 3 is 2.67 bits per heavy atom. The lowest BCUT2D eigenvalue weighted by atomic mass is 10.1. The fraction of sp³-hybridized carbons (Fsp3) is 0.235. The van der Waals surface area contributed by atoms with Gasteiger partial charge in [-0.05, 0) is 25.1 Å². The quantitative estimate of drug-likeness (QED) is 0.483. The van der Waals surface area contributed by atoms with E-state index < -0.39 is 29.7 Å². The fourth-order valence-corrected chi connectivity index (χ4v) is 2.70. The summed E-state index contributed by atoms with van der Waals surface area (Å²) >= 11 is 0. The van der Waals surface area contributed by atoms with Crippen molar-refractivity contribution in [2.24, 2.45) is 0 Å². The molecule has 27 heavy (non-hydrogen) atoms. The van der Waals surface area contributed by atoms with Gasteiger partial charge in [0, 0.05) is 18.0 Å². The Morgan fingerprint density at radius 1 is 1.33 bits per heavy atom. The molecule has 0 bridgehead atoms. The topological polar surface area (TPSA) is 89.4 Å². The molecular weight excluding hydrogens is 367 g/mol. The van der Waals surface area contributed by atoms with Gasteiger partial charge in [0.25, 0.3) is 5.91 Å². The van der Waals surface area contributed by atoms with Gasteiger partial charge < -0.3 is 19.9 Å². The Bertz CT molecular complexity index is 921. The molecule has 0 aliphatic carbocycles. The van der Waals surface area contributed by atoms with Crippen molar-refractivity contribution in [2.45, 2.75) is 19.1 Å². The molecule has 1 aromatic heterocycles. The Balaban J connectivity index is 2.10. The van der Waals surface area contributed by atoms with Crippen molar-refractivity contribution in [3.63, 3.8) is 0 Å². The molecule has 1 amide bonds. The molecule has 0 spiro atoms. The van der Waals surface area contributed by atoms with E-state index in [1.807, 2.05) is 0 Å². The van der Waals surface area contributed by atoms with E-state index in [1.165, 1.54) is 18.5 Å². The molecule has 0 fully saturated rings. The van der Waals surface area contributed by atoms with Gasteiger partial charge in [-0.1, -0.05) is 0 Å². The normalized spacial score (nSPS) is 16.1. The SMILES string of the molecule is CCOC(=O)C1Nc2cc(-n3ccc(C=O)c3)c(C(F)(F)F)cc2NC1=O. The number of aromatic nitrogens is 1. The van der Waals surface area contributed by atoms with Crippen LogP contribution in [0, 0.1) is 0 Å². The van der Waals surface area contributed by atoms with Crippen LogP contribution in [-0.2, 0) is 20.5 Å². The van der Waals surface area contributed by atoms with Gasteiger partial charge in [0.15, 0.2) is 6.29 Å². The number of nitrogens with one attached hydrogen (secondary N) is 2. The summed E-state index contributed by atoms with van der Waals surface area (Å²) in [5, 5.41) is 4.89. The van der Waals surface area contributed by atoms with Gasteiger partial charge in [0.05, 0.1) is 29.2 Å². The van der Waals surface area contributed by atoms with Crippen LogP contribution in [0.15, 0.2) is 30.6 Å². The highest BCUT2D eigenvalue weighted by atomic mass is 19.4. The van der Waals surface area contributed by atoms with Crippen LogP contribution in [0.1, 0.15) is 22.8 Å². The summed E-state index contributed by atoms with van der Waals surface area (Å²) in [6, 6.07) is 1.91. The molecule has 3 rings (SSSR count). The maximum absolute atomic E-state index is 13.5. The Labute approximate surface area is 151 Å². The van der Waals surface area contributed by atoms with E-state index in [-0.39, 0.29) is 29.2 Å². The summed E-state index contributed by atoms with van der Waals surface area (Å²) in [6.45, 7) is 1.62. The van der Waals surface area contributed by atoms with E-state index in [1.54, 1.807) is 6.92 Å². The molecular formula is C17H14F3N3O4. The standard InChI is InChI=1S/C17H14F3N3O4/c1-2-27-16(26)14-15(25)22-11-5-10(17(18,19)20)13(6-12(11)21-14)23-4-3-9(7-23)8-24/h3-8,14,21H,2H2,1H3,(H,22,25). The molecule has 142 valence electrons. The third-order valence-electron chi connectivity index (χ3n) is 3.91. The van der Waals surface area contributed by atoms with Crippen LogP contribution in [0.5, 0.6) is 0 Å². The molecule has 10 heteroatoms. The smallest absolute Gasteiger partial charge is 0.418 e. The average Bonchev–Trinajstić information content (AvgIpc) is 3.08. The highest BCUT2D eigenvalue weighted by Gasteiger charge is 2.38. The molecule has 2 aromatic rings. The van der Waals surface area contributed by atoms with Gasteiger partial charge >= 0.3 is 12.1 Å². The zero-order chi connectivity index (χ0) is 19.8. The van der Waals surface area contributed by atoms with Gasteiger partial charge in [-0.15, -0.1) is 0 Å². The average molecular weight is 381 g/mol. The van der Waals surface area contributed by atoms with E-state index >= 15 is 0 Å². The number of hydrogen-bond acceptors (Lipinski definition) is 5. The second-order valence-corrected chi connectivity index (χ2v) is 5.70. The van der Waals surface area contributed by atoms with Crippen LogP contribution < -0.4 is 10.6 Å². The van der Waals surface area contributed by atoms with Crippen LogP contribution in [0.25, 0.3) is 5.69 Å². The summed E-state index contributed by atoms with van der Waals surface area (Å²) < 4.78 is 46.4. The number of hydrogen-bond donors (Lipinski definition) is 2. The molecule has 0 radical (unpaired) electrons. The van der Waals surface area contributed by atoms with Gasteiger partial charge in [0.1, 0.15) is 0 Å². The third kappa shape index (κ3) is 3.50. The number of alkyl halides is 3. The van der Waals surface area contributed by atoms with E-state index in [9.17, 15) is 27.6 Å². The van der Waals surface area contributed by atoms with E-state index in [0.717, 1.165) is 16.7 Å². The van der Waals surface area contributed by atoms with Crippen molar-refractivity contribution < 1.29 is 32.3 Å².